The van der Waals surface area contributed by atoms with Crippen LogP contribution in [0.25, 0.3) is 0 Å². The molecule has 0 aromatic heterocycles. The van der Waals surface area contributed by atoms with Gasteiger partial charge >= 0.3 is 0 Å². The summed E-state index contributed by atoms with van der Waals surface area (Å²) in [7, 11) is 0. The van der Waals surface area contributed by atoms with Crippen LogP contribution in [0, 0.1) is 5.92 Å². The molecule has 1 N–H and O–H groups in total. The van der Waals surface area contributed by atoms with Crippen molar-refractivity contribution in [3.63, 3.8) is 0 Å². The van der Waals surface area contributed by atoms with E-state index in [0.717, 1.165) is 31.7 Å². The third-order valence-corrected chi connectivity index (χ3v) is 3.56. The fourth-order valence-electron chi connectivity index (χ4n) is 2.61. The molecule has 0 amide bonds. The van der Waals surface area contributed by atoms with Gasteiger partial charge in [-0.05, 0) is 44.9 Å². The smallest absolute Gasteiger partial charge is 0.122 e. The van der Waals surface area contributed by atoms with Gasteiger partial charge in [0.05, 0.1) is 6.61 Å². The molecule has 2 atom stereocenters. The first kappa shape index (κ1) is 14.1. The van der Waals surface area contributed by atoms with Crippen LogP contribution in [0.5, 0.6) is 5.75 Å². The van der Waals surface area contributed by atoms with Crippen molar-refractivity contribution in [2.75, 3.05) is 13.2 Å². The van der Waals surface area contributed by atoms with Crippen molar-refractivity contribution < 1.29 is 4.74 Å². The molecule has 0 fully saturated rings. The molecule has 1 heterocycles. The highest BCUT2D eigenvalue weighted by Gasteiger charge is 2.25. The van der Waals surface area contributed by atoms with Gasteiger partial charge in [0, 0.05) is 12.0 Å². The molecule has 2 heteroatoms. The Balaban J connectivity index is 2.09. The van der Waals surface area contributed by atoms with Crippen LogP contribution in [-0.2, 0) is 6.42 Å². The number of benzene rings is 1. The van der Waals surface area contributed by atoms with Crippen LogP contribution in [0.15, 0.2) is 35.9 Å². The van der Waals surface area contributed by atoms with Crippen molar-refractivity contribution in [2.45, 2.75) is 39.7 Å². The lowest BCUT2D eigenvalue weighted by Gasteiger charge is -2.31. The number of fused-ring (bicyclic) bond motifs is 1. The van der Waals surface area contributed by atoms with Crippen molar-refractivity contribution >= 4 is 0 Å². The van der Waals surface area contributed by atoms with Crippen LogP contribution in [-0.4, -0.2) is 19.2 Å². The Bertz CT molecular complexity index is 435. The number of rotatable bonds is 5. The van der Waals surface area contributed by atoms with Crippen molar-refractivity contribution in [2.24, 2.45) is 5.92 Å². The third kappa shape index (κ3) is 3.84. The fraction of sp³-hybridized carbons (Fsp3) is 0.529. The lowest BCUT2D eigenvalue weighted by atomic mass is 9.89. The molecule has 2 unspecified atom stereocenters. The van der Waals surface area contributed by atoms with E-state index in [0.29, 0.717) is 12.0 Å². The van der Waals surface area contributed by atoms with Gasteiger partial charge in [0.2, 0.25) is 0 Å². The van der Waals surface area contributed by atoms with Crippen molar-refractivity contribution in [1.82, 2.24) is 5.32 Å². The summed E-state index contributed by atoms with van der Waals surface area (Å²) in [4.78, 5) is 0. The normalized spacial score (nSPS) is 19.2. The quantitative estimate of drug-likeness (QED) is 0.816. The minimum absolute atomic E-state index is 0.415. The second-order valence-corrected chi connectivity index (χ2v) is 5.61. The number of allylic oxidation sites excluding steroid dienone is 1. The van der Waals surface area contributed by atoms with E-state index in [4.69, 9.17) is 4.74 Å². The van der Waals surface area contributed by atoms with E-state index in [1.165, 1.54) is 11.1 Å². The van der Waals surface area contributed by atoms with Crippen LogP contribution < -0.4 is 10.1 Å². The summed E-state index contributed by atoms with van der Waals surface area (Å²) in [6.45, 7) is 8.41. The highest BCUT2D eigenvalue weighted by Crippen LogP contribution is 2.28. The number of nitrogens with one attached hydrogen (secondary N) is 1. The Morgan fingerprint density at radius 1 is 1.42 bits per heavy atom. The van der Waals surface area contributed by atoms with Crippen molar-refractivity contribution in [3.05, 3.63) is 41.5 Å². The molecule has 1 aromatic rings. The number of hydrogen-bond donors (Lipinski definition) is 1. The minimum Gasteiger partial charge on any atom is -0.493 e. The summed E-state index contributed by atoms with van der Waals surface area (Å²) >= 11 is 0. The summed E-state index contributed by atoms with van der Waals surface area (Å²) in [5, 5.41) is 3.64. The second kappa shape index (κ2) is 6.76. The van der Waals surface area contributed by atoms with Gasteiger partial charge in [-0.25, -0.2) is 0 Å². The first-order valence-electron chi connectivity index (χ1n) is 7.29. The number of hydrogen-bond acceptors (Lipinski definition) is 2. The zero-order chi connectivity index (χ0) is 13.7. The van der Waals surface area contributed by atoms with Gasteiger partial charge in [0.15, 0.2) is 0 Å². The SMILES string of the molecule is CCCNC(C=C(C)C)C1COc2ccccc2C1. The largest absolute Gasteiger partial charge is 0.493 e. The van der Waals surface area contributed by atoms with E-state index in [2.05, 4.69) is 50.4 Å². The minimum atomic E-state index is 0.415. The lowest BCUT2D eigenvalue weighted by molar-refractivity contribution is 0.199. The molecular formula is C17H25NO. The molecule has 0 bridgehead atoms. The molecule has 19 heavy (non-hydrogen) atoms. The molecule has 104 valence electrons. The fourth-order valence-corrected chi connectivity index (χ4v) is 2.61. The Labute approximate surface area is 116 Å². The van der Waals surface area contributed by atoms with Crippen LogP contribution in [0.1, 0.15) is 32.8 Å². The van der Waals surface area contributed by atoms with Gasteiger partial charge in [0.25, 0.3) is 0 Å². The van der Waals surface area contributed by atoms with Gasteiger partial charge in [-0.2, -0.15) is 0 Å². The highest BCUT2D eigenvalue weighted by atomic mass is 16.5. The van der Waals surface area contributed by atoms with Crippen LogP contribution in [0.4, 0.5) is 0 Å². The predicted molar refractivity (Wildman–Crippen MR) is 80.6 cm³/mol. The summed E-state index contributed by atoms with van der Waals surface area (Å²) in [6.07, 6.45) is 4.61. The molecule has 1 aliphatic rings. The summed E-state index contributed by atoms with van der Waals surface area (Å²) in [6, 6.07) is 8.81. The molecule has 1 aliphatic heterocycles. The first-order valence-corrected chi connectivity index (χ1v) is 7.29. The van der Waals surface area contributed by atoms with Crippen molar-refractivity contribution in [3.8, 4) is 5.75 Å². The maximum absolute atomic E-state index is 5.91. The van der Waals surface area contributed by atoms with Gasteiger partial charge < -0.3 is 10.1 Å². The zero-order valence-electron chi connectivity index (χ0n) is 12.3. The summed E-state index contributed by atoms with van der Waals surface area (Å²) < 4.78 is 5.91. The topological polar surface area (TPSA) is 21.3 Å². The molecule has 0 saturated heterocycles. The molecule has 0 radical (unpaired) electrons. The molecule has 2 rings (SSSR count). The van der Waals surface area contributed by atoms with Crippen LogP contribution in [0.3, 0.4) is 0 Å². The second-order valence-electron chi connectivity index (χ2n) is 5.61. The predicted octanol–water partition coefficient (Wildman–Crippen LogP) is 3.57. The summed E-state index contributed by atoms with van der Waals surface area (Å²) in [5.74, 6) is 1.58. The highest BCUT2D eigenvalue weighted by molar-refractivity contribution is 5.35. The first-order chi connectivity index (χ1) is 9.20. The lowest BCUT2D eigenvalue weighted by Crippen LogP contribution is -2.41. The Kier molecular flexibility index (Phi) is 5.03. The Hall–Kier alpha value is -1.28. The molecular weight excluding hydrogens is 234 g/mol. The molecule has 0 aliphatic carbocycles. The van der Waals surface area contributed by atoms with E-state index in [1.54, 1.807) is 0 Å². The van der Waals surface area contributed by atoms with Crippen molar-refractivity contribution in [1.29, 1.82) is 0 Å². The van der Waals surface area contributed by atoms with E-state index in [-0.39, 0.29) is 0 Å². The molecule has 2 nitrogen and oxygen atoms in total. The maximum atomic E-state index is 5.91. The standard InChI is InChI=1S/C17H25NO/c1-4-9-18-16(10-13(2)3)15-11-14-7-5-6-8-17(14)19-12-15/h5-8,10,15-16,18H,4,9,11-12H2,1-3H3. The summed E-state index contributed by atoms with van der Waals surface area (Å²) in [5.41, 5.74) is 2.71. The van der Waals surface area contributed by atoms with Gasteiger partial charge in [-0.15, -0.1) is 0 Å². The van der Waals surface area contributed by atoms with Gasteiger partial charge in [-0.1, -0.05) is 36.8 Å². The molecule has 0 spiro atoms. The van der Waals surface area contributed by atoms with Gasteiger partial charge in [-0.3, -0.25) is 0 Å². The van der Waals surface area contributed by atoms with E-state index in [1.807, 2.05) is 6.07 Å². The Morgan fingerprint density at radius 3 is 2.95 bits per heavy atom. The zero-order valence-corrected chi connectivity index (χ0v) is 12.3. The van der Waals surface area contributed by atoms with Crippen LogP contribution >= 0.6 is 0 Å². The molecule has 1 aromatic carbocycles. The van der Waals surface area contributed by atoms with E-state index < -0.39 is 0 Å². The average Bonchev–Trinajstić information content (AvgIpc) is 2.42. The van der Waals surface area contributed by atoms with Gasteiger partial charge in [0.1, 0.15) is 5.75 Å². The average molecular weight is 259 g/mol. The third-order valence-electron chi connectivity index (χ3n) is 3.56. The van der Waals surface area contributed by atoms with E-state index in [9.17, 15) is 0 Å². The molecule has 0 saturated carbocycles. The Morgan fingerprint density at radius 2 is 2.21 bits per heavy atom. The van der Waals surface area contributed by atoms with E-state index >= 15 is 0 Å². The number of para-hydroxylation sites is 1. The maximum Gasteiger partial charge on any atom is 0.122 e. The number of ether oxygens (including phenoxy) is 1. The van der Waals surface area contributed by atoms with Crippen LogP contribution in [0.2, 0.25) is 0 Å². The monoisotopic (exact) mass is 259 g/mol.